The van der Waals surface area contributed by atoms with Gasteiger partial charge in [-0.15, -0.1) is 0 Å². The number of benzene rings is 2. The average Bonchev–Trinajstić information content (AvgIpc) is 2.74. The zero-order valence-electron chi connectivity index (χ0n) is 11.9. The molecule has 0 spiro atoms. The molecule has 5 nitrogen and oxygen atoms in total. The van der Waals surface area contributed by atoms with E-state index in [1.165, 1.54) is 24.3 Å². The number of phenolic OH excluding ortho intramolecular Hbond substituents is 1. The molecule has 2 N–H and O–H groups in total. The molecule has 0 aromatic heterocycles. The number of carbonyl (C=O) groups excluding carboxylic acids is 2. The van der Waals surface area contributed by atoms with Crippen LogP contribution in [0.3, 0.4) is 0 Å². The van der Waals surface area contributed by atoms with E-state index in [0.29, 0.717) is 10.7 Å². The van der Waals surface area contributed by atoms with Gasteiger partial charge in [-0.3, -0.25) is 9.59 Å². The predicted molar refractivity (Wildman–Crippen MR) is 93.6 cm³/mol. The Morgan fingerprint density at radius 2 is 1.71 bits per heavy atom. The minimum absolute atomic E-state index is 0.00300. The number of phenols is 1. The van der Waals surface area contributed by atoms with Crippen molar-refractivity contribution in [2.24, 2.45) is 0 Å². The lowest BCUT2D eigenvalue weighted by Crippen LogP contribution is -2.32. The number of aromatic hydroxyl groups is 1. The number of rotatable bonds is 3. The van der Waals surface area contributed by atoms with Crippen molar-refractivity contribution >= 4 is 58.0 Å². The van der Waals surface area contributed by atoms with Gasteiger partial charge < -0.3 is 10.4 Å². The van der Waals surface area contributed by atoms with E-state index in [0.717, 1.165) is 4.90 Å². The van der Waals surface area contributed by atoms with Crippen LogP contribution in [0.25, 0.3) is 0 Å². The minimum atomic E-state index is -0.714. The first-order chi connectivity index (χ1) is 11.4. The van der Waals surface area contributed by atoms with Crippen LogP contribution < -0.4 is 10.2 Å². The van der Waals surface area contributed by atoms with Gasteiger partial charge in [-0.1, -0.05) is 40.9 Å². The van der Waals surface area contributed by atoms with E-state index in [2.05, 4.69) is 5.32 Å². The number of amides is 2. The molecule has 1 aliphatic heterocycles. The van der Waals surface area contributed by atoms with Crippen molar-refractivity contribution in [1.82, 2.24) is 0 Å². The third-order valence-corrected chi connectivity index (χ3v) is 4.20. The summed E-state index contributed by atoms with van der Waals surface area (Å²) < 4.78 is 0. The summed E-state index contributed by atoms with van der Waals surface area (Å²) in [5, 5.41) is 12.5. The number of halogens is 3. The van der Waals surface area contributed by atoms with E-state index in [4.69, 9.17) is 34.8 Å². The second-order valence-electron chi connectivity index (χ2n) is 4.91. The highest BCUT2D eigenvalue weighted by molar-refractivity contribution is 6.54. The second-order valence-corrected chi connectivity index (χ2v) is 6.13. The number of anilines is 2. The topological polar surface area (TPSA) is 69.6 Å². The Morgan fingerprint density at radius 1 is 0.958 bits per heavy atom. The van der Waals surface area contributed by atoms with Crippen LogP contribution in [-0.4, -0.2) is 16.9 Å². The summed E-state index contributed by atoms with van der Waals surface area (Å²) >= 11 is 18.0. The molecule has 0 saturated heterocycles. The molecule has 2 aromatic rings. The van der Waals surface area contributed by atoms with Crippen LogP contribution in [0, 0.1) is 0 Å². The molecular formula is C16H9Cl3N2O3. The van der Waals surface area contributed by atoms with Crippen LogP contribution in [0.15, 0.2) is 53.2 Å². The zero-order valence-corrected chi connectivity index (χ0v) is 14.2. The fourth-order valence-corrected chi connectivity index (χ4v) is 2.80. The van der Waals surface area contributed by atoms with E-state index < -0.39 is 11.8 Å². The van der Waals surface area contributed by atoms with Gasteiger partial charge in [0.1, 0.15) is 16.5 Å². The third kappa shape index (κ3) is 2.94. The van der Waals surface area contributed by atoms with Crippen LogP contribution in [0.4, 0.5) is 11.4 Å². The lowest BCUT2D eigenvalue weighted by Gasteiger charge is -2.16. The predicted octanol–water partition coefficient (Wildman–Crippen LogP) is 4.13. The van der Waals surface area contributed by atoms with E-state index in [1.54, 1.807) is 18.2 Å². The Hall–Kier alpha value is -2.21. The summed E-state index contributed by atoms with van der Waals surface area (Å²) in [4.78, 5) is 25.8. The van der Waals surface area contributed by atoms with Crippen LogP contribution in [0.5, 0.6) is 5.75 Å². The quantitative estimate of drug-likeness (QED) is 0.782. The minimum Gasteiger partial charge on any atom is -0.508 e. The number of imide groups is 1. The fraction of sp³-hybridized carbons (Fsp3) is 0. The maximum atomic E-state index is 12.6. The lowest BCUT2D eigenvalue weighted by atomic mass is 10.2. The first kappa shape index (κ1) is 16.6. The molecule has 0 radical (unpaired) electrons. The summed E-state index contributed by atoms with van der Waals surface area (Å²) in [6.45, 7) is 0. The molecule has 1 aliphatic rings. The molecule has 2 aromatic carbocycles. The molecule has 0 saturated carbocycles. The summed E-state index contributed by atoms with van der Waals surface area (Å²) in [6.07, 6.45) is 0. The zero-order chi connectivity index (χ0) is 17.4. The first-order valence-electron chi connectivity index (χ1n) is 6.68. The number of nitrogens with zero attached hydrogens (tertiary/aromatic N) is 1. The number of hydrogen-bond acceptors (Lipinski definition) is 4. The SMILES string of the molecule is O=C1C(Cl)=C(Nc2cccc(O)c2)C(=O)N1c1cc(Cl)ccc1Cl. The Labute approximate surface area is 152 Å². The number of hydrogen-bond donors (Lipinski definition) is 2. The summed E-state index contributed by atoms with van der Waals surface area (Å²) in [6, 6.07) is 10.5. The van der Waals surface area contributed by atoms with Gasteiger partial charge in [-0.05, 0) is 30.3 Å². The van der Waals surface area contributed by atoms with Gasteiger partial charge in [0.2, 0.25) is 0 Å². The van der Waals surface area contributed by atoms with E-state index in [-0.39, 0.29) is 27.2 Å². The summed E-state index contributed by atoms with van der Waals surface area (Å²) in [5.74, 6) is -1.38. The monoisotopic (exact) mass is 382 g/mol. The van der Waals surface area contributed by atoms with Gasteiger partial charge in [0, 0.05) is 16.8 Å². The van der Waals surface area contributed by atoms with Gasteiger partial charge >= 0.3 is 0 Å². The third-order valence-electron chi connectivity index (χ3n) is 3.29. The smallest absolute Gasteiger partial charge is 0.283 e. The van der Waals surface area contributed by atoms with Crippen LogP contribution in [0.1, 0.15) is 0 Å². The summed E-state index contributed by atoms with van der Waals surface area (Å²) in [7, 11) is 0. The van der Waals surface area contributed by atoms with E-state index in [9.17, 15) is 14.7 Å². The fourth-order valence-electron chi connectivity index (χ4n) is 2.22. The van der Waals surface area contributed by atoms with Crippen LogP contribution in [0.2, 0.25) is 10.0 Å². The van der Waals surface area contributed by atoms with E-state index >= 15 is 0 Å². The van der Waals surface area contributed by atoms with Gasteiger partial charge in [0.15, 0.2) is 0 Å². The van der Waals surface area contributed by atoms with Gasteiger partial charge in [-0.25, -0.2) is 4.90 Å². The van der Waals surface area contributed by atoms with Crippen molar-refractivity contribution in [1.29, 1.82) is 0 Å². The Morgan fingerprint density at radius 3 is 2.42 bits per heavy atom. The van der Waals surface area contributed by atoms with Gasteiger partial charge in [0.05, 0.1) is 10.7 Å². The Balaban J connectivity index is 1.97. The van der Waals surface area contributed by atoms with E-state index in [1.807, 2.05) is 0 Å². The van der Waals surface area contributed by atoms with Crippen molar-refractivity contribution in [3.05, 3.63) is 63.2 Å². The largest absolute Gasteiger partial charge is 0.508 e. The van der Waals surface area contributed by atoms with Gasteiger partial charge in [-0.2, -0.15) is 0 Å². The highest BCUT2D eigenvalue weighted by Gasteiger charge is 2.39. The highest BCUT2D eigenvalue weighted by Crippen LogP contribution is 2.35. The number of nitrogens with one attached hydrogen (secondary N) is 1. The van der Waals surface area contributed by atoms with Crippen molar-refractivity contribution in [2.45, 2.75) is 0 Å². The van der Waals surface area contributed by atoms with Crippen molar-refractivity contribution in [3.63, 3.8) is 0 Å². The molecule has 122 valence electrons. The van der Waals surface area contributed by atoms with Crippen LogP contribution >= 0.6 is 34.8 Å². The lowest BCUT2D eigenvalue weighted by molar-refractivity contribution is -0.120. The maximum absolute atomic E-state index is 12.6. The first-order valence-corrected chi connectivity index (χ1v) is 7.81. The molecule has 3 rings (SSSR count). The average molecular weight is 384 g/mol. The standard InChI is InChI=1S/C16H9Cl3N2O3/c17-8-4-5-11(18)12(6-8)21-15(23)13(19)14(16(21)24)20-9-2-1-3-10(22)7-9/h1-7,20,22H. The number of carbonyl (C=O) groups is 2. The normalized spacial score (nSPS) is 14.5. The second kappa shape index (κ2) is 6.36. The highest BCUT2D eigenvalue weighted by atomic mass is 35.5. The van der Waals surface area contributed by atoms with Gasteiger partial charge in [0.25, 0.3) is 11.8 Å². The van der Waals surface area contributed by atoms with Crippen molar-refractivity contribution in [2.75, 3.05) is 10.2 Å². The molecule has 24 heavy (non-hydrogen) atoms. The molecule has 1 heterocycles. The Bertz CT molecular complexity index is 896. The van der Waals surface area contributed by atoms with Crippen molar-refractivity contribution < 1.29 is 14.7 Å². The molecule has 0 aliphatic carbocycles. The maximum Gasteiger partial charge on any atom is 0.283 e. The molecular weight excluding hydrogens is 375 g/mol. The molecule has 0 fully saturated rings. The molecule has 8 heteroatoms. The van der Waals surface area contributed by atoms with Crippen LogP contribution in [-0.2, 0) is 9.59 Å². The van der Waals surface area contributed by atoms with Crippen molar-refractivity contribution in [3.8, 4) is 5.75 Å². The molecule has 0 bridgehead atoms. The molecule has 2 amide bonds. The molecule has 0 atom stereocenters. The molecule has 0 unspecified atom stereocenters. The summed E-state index contributed by atoms with van der Waals surface area (Å²) in [5.41, 5.74) is 0.441. The Kier molecular flexibility index (Phi) is 4.41.